The first-order valence-electron chi connectivity index (χ1n) is 12.2. The number of nitrogens with zero attached hydrogens (tertiary/aromatic N) is 3. The third-order valence-electron chi connectivity index (χ3n) is 5.46. The Balaban J connectivity index is 1.88. The number of aryl methyl sites for hydroxylation is 1. The van der Waals surface area contributed by atoms with Gasteiger partial charge < -0.3 is 31.3 Å². The predicted molar refractivity (Wildman–Crippen MR) is 134 cm³/mol. The average molecular weight is 551 g/mol. The van der Waals surface area contributed by atoms with Crippen molar-refractivity contribution in [3.05, 3.63) is 41.2 Å². The summed E-state index contributed by atoms with van der Waals surface area (Å²) in [5, 5.41) is 42.6. The minimum Gasteiger partial charge on any atom is -0.481 e. The molecule has 0 aliphatic heterocycles. The van der Waals surface area contributed by atoms with E-state index >= 15 is 0 Å². The third kappa shape index (κ3) is 10.8. The molecule has 6 N–H and O–H groups in total. The van der Waals surface area contributed by atoms with Crippen molar-refractivity contribution in [3.63, 3.8) is 0 Å². The Morgan fingerprint density at radius 2 is 1.64 bits per heavy atom. The normalized spacial score (nSPS) is 11.4. The minimum absolute atomic E-state index is 0.0651. The van der Waals surface area contributed by atoms with Crippen molar-refractivity contribution in [1.29, 1.82) is 0 Å². The highest BCUT2D eigenvalue weighted by Gasteiger charge is 2.19. The second-order valence-corrected chi connectivity index (χ2v) is 8.56. The maximum Gasteiger partial charge on any atom is 0.335 e. The van der Waals surface area contributed by atoms with E-state index in [-0.39, 0.29) is 55.6 Å². The summed E-state index contributed by atoms with van der Waals surface area (Å²) in [5.74, 6) is -4.04. The average Bonchev–Trinajstić information content (AvgIpc) is 3.37. The zero-order valence-corrected chi connectivity index (χ0v) is 21.1. The van der Waals surface area contributed by atoms with Crippen LogP contribution in [-0.2, 0) is 16.0 Å². The smallest absolute Gasteiger partial charge is 0.335 e. The van der Waals surface area contributed by atoms with E-state index in [2.05, 4.69) is 26.3 Å². The number of carbonyl (C=O) groups excluding carboxylic acids is 2. The van der Waals surface area contributed by atoms with Crippen LogP contribution in [-0.4, -0.2) is 86.0 Å². The number of unbranched alkanes of at least 4 members (excludes halogenated alkanes) is 1. The van der Waals surface area contributed by atoms with Gasteiger partial charge in [0.2, 0.25) is 0 Å². The van der Waals surface area contributed by atoms with Crippen LogP contribution >= 0.6 is 0 Å². The number of aliphatic carboxylic acids is 2. The van der Waals surface area contributed by atoms with Gasteiger partial charge in [0.1, 0.15) is 6.04 Å². The lowest BCUT2D eigenvalue weighted by Crippen LogP contribution is -2.46. The lowest BCUT2D eigenvalue weighted by molar-refractivity contribution is -0.139. The highest BCUT2D eigenvalue weighted by atomic mass is 19.1. The van der Waals surface area contributed by atoms with Crippen LogP contribution in [0.4, 0.5) is 9.18 Å². The van der Waals surface area contributed by atoms with Crippen molar-refractivity contribution in [1.82, 2.24) is 30.9 Å². The van der Waals surface area contributed by atoms with Gasteiger partial charge in [0.15, 0.2) is 0 Å². The van der Waals surface area contributed by atoms with Crippen LogP contribution in [0.1, 0.15) is 64.9 Å². The number of aromatic carboxylic acids is 1. The summed E-state index contributed by atoms with van der Waals surface area (Å²) in [7, 11) is 0. The summed E-state index contributed by atoms with van der Waals surface area (Å²) < 4.78 is 13.7. The molecule has 0 spiro atoms. The molecule has 0 saturated heterocycles. The fourth-order valence-corrected chi connectivity index (χ4v) is 3.47. The van der Waals surface area contributed by atoms with Gasteiger partial charge in [-0.15, -0.1) is 5.10 Å². The fraction of sp³-hybridized carbons (Fsp3) is 0.458. The molecule has 39 heavy (non-hydrogen) atoms. The topological polar surface area (TPSA) is 213 Å². The van der Waals surface area contributed by atoms with Crippen LogP contribution in [0, 0.1) is 0 Å². The number of hydrogen-bond acceptors (Lipinski definition) is 7. The van der Waals surface area contributed by atoms with Crippen LogP contribution in [0.25, 0.3) is 5.69 Å². The molecular formula is C24H31FN6O8. The van der Waals surface area contributed by atoms with Gasteiger partial charge in [-0.05, 0) is 56.7 Å². The second-order valence-electron chi connectivity index (χ2n) is 8.56. The van der Waals surface area contributed by atoms with Gasteiger partial charge in [0, 0.05) is 25.1 Å². The molecule has 14 nitrogen and oxygen atoms in total. The second kappa shape index (κ2) is 15.6. The summed E-state index contributed by atoms with van der Waals surface area (Å²) in [6, 6.07) is 2.08. The molecule has 1 aromatic heterocycles. The maximum atomic E-state index is 12.7. The molecule has 212 valence electrons. The summed E-state index contributed by atoms with van der Waals surface area (Å²) in [6.45, 7) is -0.265. The Bertz CT molecular complexity index is 1170. The molecule has 2 rings (SSSR count). The van der Waals surface area contributed by atoms with Gasteiger partial charge in [-0.3, -0.25) is 14.0 Å². The number of carbonyl (C=O) groups is 5. The summed E-state index contributed by atoms with van der Waals surface area (Å²) >= 11 is 0. The lowest BCUT2D eigenvalue weighted by Gasteiger charge is -2.15. The Labute approximate surface area is 222 Å². The van der Waals surface area contributed by atoms with Gasteiger partial charge in [-0.1, -0.05) is 5.21 Å². The molecule has 0 fully saturated rings. The summed E-state index contributed by atoms with van der Waals surface area (Å²) in [4.78, 5) is 58.0. The van der Waals surface area contributed by atoms with Crippen LogP contribution in [0.2, 0.25) is 0 Å². The molecule has 3 amide bonds. The van der Waals surface area contributed by atoms with E-state index in [4.69, 9.17) is 5.11 Å². The molecule has 1 aromatic carbocycles. The van der Waals surface area contributed by atoms with Crippen molar-refractivity contribution in [2.75, 3.05) is 19.8 Å². The first-order valence-corrected chi connectivity index (χ1v) is 12.2. The highest BCUT2D eigenvalue weighted by Crippen LogP contribution is 2.15. The molecule has 0 radical (unpaired) electrons. The molecule has 0 aliphatic rings. The van der Waals surface area contributed by atoms with Gasteiger partial charge in [0.05, 0.1) is 29.8 Å². The van der Waals surface area contributed by atoms with Crippen molar-refractivity contribution >= 4 is 29.8 Å². The van der Waals surface area contributed by atoms with E-state index in [1.54, 1.807) is 0 Å². The van der Waals surface area contributed by atoms with Crippen molar-refractivity contribution < 1.29 is 43.7 Å². The van der Waals surface area contributed by atoms with E-state index < -0.39 is 42.6 Å². The van der Waals surface area contributed by atoms with Crippen molar-refractivity contribution in [2.45, 2.75) is 51.0 Å². The number of benzene rings is 1. The number of alkyl halides is 1. The number of carboxylic acids is 3. The van der Waals surface area contributed by atoms with E-state index in [9.17, 15) is 38.6 Å². The van der Waals surface area contributed by atoms with E-state index in [0.717, 1.165) is 0 Å². The number of urea groups is 1. The minimum atomic E-state index is -1.25. The number of amides is 3. The summed E-state index contributed by atoms with van der Waals surface area (Å²) in [5.41, 5.74) is 0.727. The lowest BCUT2D eigenvalue weighted by atomic mass is 10.1. The molecule has 0 saturated carbocycles. The van der Waals surface area contributed by atoms with Crippen molar-refractivity contribution in [3.8, 4) is 5.69 Å². The van der Waals surface area contributed by atoms with Gasteiger partial charge in [-0.25, -0.2) is 19.1 Å². The molecule has 1 heterocycles. The zero-order chi connectivity index (χ0) is 28.8. The number of halogens is 1. The number of hydrogen-bond donors (Lipinski definition) is 6. The third-order valence-corrected chi connectivity index (χ3v) is 5.46. The van der Waals surface area contributed by atoms with Crippen LogP contribution < -0.4 is 16.0 Å². The van der Waals surface area contributed by atoms with Gasteiger partial charge >= 0.3 is 23.9 Å². The van der Waals surface area contributed by atoms with E-state index in [1.807, 2.05) is 0 Å². The first kappa shape index (κ1) is 30.7. The molecule has 0 aliphatic carbocycles. The zero-order valence-electron chi connectivity index (χ0n) is 21.1. The van der Waals surface area contributed by atoms with E-state index in [1.165, 1.54) is 29.1 Å². The Morgan fingerprint density at radius 1 is 0.923 bits per heavy atom. The molecule has 15 heteroatoms. The molecule has 2 aromatic rings. The Kier molecular flexibility index (Phi) is 12.3. The SMILES string of the molecule is O=C(O)CCCNC(=O)NC(CCCCNC(=O)c1cc(C(=O)O)cc(-n2cc(CCCF)nn2)c1)C(=O)O. The van der Waals surface area contributed by atoms with Crippen LogP contribution in [0.3, 0.4) is 0 Å². The maximum absolute atomic E-state index is 12.7. The fourth-order valence-electron chi connectivity index (χ4n) is 3.47. The van der Waals surface area contributed by atoms with E-state index in [0.29, 0.717) is 25.0 Å². The number of aromatic nitrogens is 3. The van der Waals surface area contributed by atoms with Crippen LogP contribution in [0.5, 0.6) is 0 Å². The quantitative estimate of drug-likeness (QED) is 0.156. The Morgan fingerprint density at radius 3 is 2.31 bits per heavy atom. The molecular weight excluding hydrogens is 519 g/mol. The highest BCUT2D eigenvalue weighted by molar-refractivity contribution is 5.98. The number of rotatable bonds is 17. The summed E-state index contributed by atoms with van der Waals surface area (Å²) in [6.07, 6.45) is 3.05. The Hall–Kier alpha value is -4.56. The van der Waals surface area contributed by atoms with Gasteiger partial charge in [-0.2, -0.15) is 0 Å². The van der Waals surface area contributed by atoms with Crippen molar-refractivity contribution in [2.24, 2.45) is 0 Å². The monoisotopic (exact) mass is 550 g/mol. The van der Waals surface area contributed by atoms with Crippen LogP contribution in [0.15, 0.2) is 24.4 Å². The van der Waals surface area contributed by atoms with Gasteiger partial charge in [0.25, 0.3) is 5.91 Å². The largest absolute Gasteiger partial charge is 0.481 e. The number of nitrogens with one attached hydrogen (secondary N) is 3. The predicted octanol–water partition coefficient (Wildman–Crippen LogP) is 1.38. The molecule has 1 atom stereocenters. The first-order chi connectivity index (χ1) is 18.6. The number of carboxylic acid groups (broad SMARTS) is 3. The standard InChI is InChI=1S/C24H31FN6O8/c25-8-3-5-17-14-31(30-29-17)18-12-15(11-16(13-18)22(35)36)21(34)26-9-2-1-6-19(23(37)38)28-24(39)27-10-4-7-20(32)33/h11-14,19H,1-10H2,(H,26,34)(H,32,33)(H,35,36)(H,37,38)(H2,27,28,39). The molecule has 1 unspecified atom stereocenters. The molecule has 0 bridgehead atoms.